The third-order valence-corrected chi connectivity index (χ3v) is 2.70. The number of carbonyl (C=O) groups is 1. The summed E-state index contributed by atoms with van der Waals surface area (Å²) in [7, 11) is 1.44. The summed E-state index contributed by atoms with van der Waals surface area (Å²) in [6.45, 7) is 0. The van der Waals surface area contributed by atoms with Gasteiger partial charge in [0.05, 0.1) is 18.4 Å². The van der Waals surface area contributed by atoms with Crippen molar-refractivity contribution in [3.05, 3.63) is 53.6 Å². The minimum Gasteiger partial charge on any atom is -0.497 e. The third kappa shape index (κ3) is 2.69. The summed E-state index contributed by atoms with van der Waals surface area (Å²) in [5.41, 5.74) is 5.76. The predicted molar refractivity (Wildman–Crippen MR) is 71.7 cm³/mol. The zero-order valence-electron chi connectivity index (χ0n) is 10.6. The van der Waals surface area contributed by atoms with Crippen molar-refractivity contribution in [1.29, 1.82) is 0 Å². The van der Waals surface area contributed by atoms with Crippen molar-refractivity contribution in [2.45, 2.75) is 0 Å². The van der Waals surface area contributed by atoms with Crippen LogP contribution in [0, 0.1) is 11.6 Å². The number of benzene rings is 2. The smallest absolute Gasteiger partial charge is 0.257 e. The molecule has 0 aliphatic carbocycles. The fourth-order valence-electron chi connectivity index (χ4n) is 1.65. The summed E-state index contributed by atoms with van der Waals surface area (Å²) in [4.78, 5) is 12.0. The number of carbonyl (C=O) groups excluding carboxylic acids is 1. The van der Waals surface area contributed by atoms with E-state index < -0.39 is 17.5 Å². The first kappa shape index (κ1) is 13.8. The first-order chi connectivity index (χ1) is 9.52. The van der Waals surface area contributed by atoms with Crippen LogP contribution in [0.2, 0.25) is 0 Å². The number of nitrogens with two attached hydrogens (primary N) is 1. The highest BCUT2D eigenvalue weighted by molar-refractivity contribution is 6.08. The Balaban J connectivity index is 2.30. The molecule has 20 heavy (non-hydrogen) atoms. The lowest BCUT2D eigenvalue weighted by Crippen LogP contribution is -2.15. The number of halogens is 2. The van der Waals surface area contributed by atoms with Crippen LogP contribution in [-0.2, 0) is 0 Å². The van der Waals surface area contributed by atoms with Crippen LogP contribution in [0.15, 0.2) is 36.4 Å². The molecule has 6 heteroatoms. The molecule has 1 amide bonds. The van der Waals surface area contributed by atoms with Crippen molar-refractivity contribution >= 4 is 17.3 Å². The Morgan fingerprint density at radius 1 is 1.25 bits per heavy atom. The molecule has 0 aromatic heterocycles. The van der Waals surface area contributed by atoms with E-state index in [0.717, 1.165) is 6.07 Å². The summed E-state index contributed by atoms with van der Waals surface area (Å²) in [6.07, 6.45) is 0. The summed E-state index contributed by atoms with van der Waals surface area (Å²) >= 11 is 0. The van der Waals surface area contributed by atoms with Gasteiger partial charge < -0.3 is 15.8 Å². The number of nitrogens with one attached hydrogen (secondary N) is 1. The van der Waals surface area contributed by atoms with E-state index in [1.165, 1.54) is 31.4 Å². The Bertz CT molecular complexity index is 660. The van der Waals surface area contributed by atoms with E-state index in [1.807, 2.05) is 0 Å². The molecule has 0 unspecified atom stereocenters. The van der Waals surface area contributed by atoms with E-state index in [4.69, 9.17) is 10.5 Å². The van der Waals surface area contributed by atoms with E-state index in [9.17, 15) is 13.6 Å². The number of hydrogen-bond donors (Lipinski definition) is 2. The number of amides is 1. The standard InChI is InChI=1S/C14H12F2N2O2/c1-20-8-5-6-11(17)9(7-8)14(19)18-12-4-2-3-10(15)13(12)16/h2-7H,17H2,1H3,(H,18,19). The van der Waals surface area contributed by atoms with Gasteiger partial charge in [0.15, 0.2) is 11.6 Å². The Labute approximate surface area is 114 Å². The quantitative estimate of drug-likeness (QED) is 0.848. The highest BCUT2D eigenvalue weighted by Crippen LogP contribution is 2.22. The normalized spacial score (nSPS) is 10.2. The molecule has 0 heterocycles. The Kier molecular flexibility index (Phi) is 3.84. The van der Waals surface area contributed by atoms with Crippen molar-refractivity contribution in [1.82, 2.24) is 0 Å². The molecule has 0 spiro atoms. The zero-order chi connectivity index (χ0) is 14.7. The first-order valence-corrected chi connectivity index (χ1v) is 5.72. The fourth-order valence-corrected chi connectivity index (χ4v) is 1.65. The Morgan fingerprint density at radius 3 is 2.70 bits per heavy atom. The number of hydrogen-bond acceptors (Lipinski definition) is 3. The SMILES string of the molecule is COc1ccc(N)c(C(=O)Nc2cccc(F)c2F)c1. The van der Waals surface area contributed by atoms with Crippen LogP contribution in [0.3, 0.4) is 0 Å². The molecule has 4 nitrogen and oxygen atoms in total. The van der Waals surface area contributed by atoms with Crippen molar-refractivity contribution in [3.63, 3.8) is 0 Å². The van der Waals surface area contributed by atoms with Crippen molar-refractivity contribution in [2.24, 2.45) is 0 Å². The van der Waals surface area contributed by atoms with Gasteiger partial charge in [0, 0.05) is 5.69 Å². The highest BCUT2D eigenvalue weighted by atomic mass is 19.2. The summed E-state index contributed by atoms with van der Waals surface area (Å²) in [5.74, 6) is -2.38. The van der Waals surface area contributed by atoms with Crippen LogP contribution < -0.4 is 15.8 Å². The van der Waals surface area contributed by atoms with E-state index in [0.29, 0.717) is 5.75 Å². The van der Waals surface area contributed by atoms with Gasteiger partial charge in [-0.05, 0) is 30.3 Å². The maximum atomic E-state index is 13.5. The average molecular weight is 278 g/mol. The molecule has 104 valence electrons. The maximum absolute atomic E-state index is 13.5. The third-order valence-electron chi connectivity index (χ3n) is 2.70. The summed E-state index contributed by atoms with van der Waals surface area (Å²) < 4.78 is 31.5. The van der Waals surface area contributed by atoms with Gasteiger partial charge in [-0.2, -0.15) is 0 Å². The van der Waals surface area contributed by atoms with Crippen LogP contribution in [0.4, 0.5) is 20.2 Å². The van der Waals surface area contributed by atoms with Gasteiger partial charge in [0.2, 0.25) is 0 Å². The first-order valence-electron chi connectivity index (χ1n) is 5.72. The van der Waals surface area contributed by atoms with Gasteiger partial charge >= 0.3 is 0 Å². The van der Waals surface area contributed by atoms with Crippen LogP contribution in [0.25, 0.3) is 0 Å². The lowest BCUT2D eigenvalue weighted by atomic mass is 10.1. The number of ether oxygens (including phenoxy) is 1. The largest absolute Gasteiger partial charge is 0.497 e. The highest BCUT2D eigenvalue weighted by Gasteiger charge is 2.15. The van der Waals surface area contributed by atoms with Crippen molar-refractivity contribution in [2.75, 3.05) is 18.2 Å². The summed E-state index contributed by atoms with van der Waals surface area (Å²) in [5, 5.41) is 2.27. The molecule has 2 rings (SSSR count). The maximum Gasteiger partial charge on any atom is 0.257 e. The van der Waals surface area contributed by atoms with E-state index in [-0.39, 0.29) is 16.9 Å². The molecule has 0 aliphatic heterocycles. The van der Waals surface area contributed by atoms with E-state index in [2.05, 4.69) is 5.32 Å². The minimum atomic E-state index is -1.12. The zero-order valence-corrected chi connectivity index (χ0v) is 10.6. The van der Waals surface area contributed by atoms with Crippen LogP contribution >= 0.6 is 0 Å². The number of anilines is 2. The van der Waals surface area contributed by atoms with Crippen molar-refractivity contribution in [3.8, 4) is 5.75 Å². The molecule has 0 atom stereocenters. The van der Waals surface area contributed by atoms with E-state index >= 15 is 0 Å². The molecular formula is C14H12F2N2O2. The van der Waals surface area contributed by atoms with Gasteiger partial charge in [-0.25, -0.2) is 8.78 Å². The van der Waals surface area contributed by atoms with Gasteiger partial charge in [-0.15, -0.1) is 0 Å². The van der Waals surface area contributed by atoms with Gasteiger partial charge in [-0.3, -0.25) is 4.79 Å². The molecule has 2 aromatic rings. The summed E-state index contributed by atoms with van der Waals surface area (Å²) in [6, 6.07) is 8.02. The van der Waals surface area contributed by atoms with Crippen LogP contribution in [0.1, 0.15) is 10.4 Å². The van der Waals surface area contributed by atoms with Gasteiger partial charge in [0.25, 0.3) is 5.91 Å². The Morgan fingerprint density at radius 2 is 2.00 bits per heavy atom. The number of rotatable bonds is 3. The van der Waals surface area contributed by atoms with Gasteiger partial charge in [0.1, 0.15) is 5.75 Å². The molecule has 2 aromatic carbocycles. The van der Waals surface area contributed by atoms with Crippen LogP contribution in [-0.4, -0.2) is 13.0 Å². The second-order valence-corrected chi connectivity index (χ2v) is 4.01. The molecule has 0 radical (unpaired) electrons. The second-order valence-electron chi connectivity index (χ2n) is 4.01. The molecule has 0 saturated carbocycles. The molecule has 0 bridgehead atoms. The van der Waals surface area contributed by atoms with Crippen molar-refractivity contribution < 1.29 is 18.3 Å². The molecule has 0 fully saturated rings. The Hall–Kier alpha value is -2.63. The molecular weight excluding hydrogens is 266 g/mol. The average Bonchev–Trinajstić information content (AvgIpc) is 2.44. The van der Waals surface area contributed by atoms with Gasteiger partial charge in [-0.1, -0.05) is 6.07 Å². The second kappa shape index (κ2) is 5.56. The van der Waals surface area contributed by atoms with E-state index in [1.54, 1.807) is 6.07 Å². The lowest BCUT2D eigenvalue weighted by molar-refractivity contribution is 0.102. The minimum absolute atomic E-state index is 0.119. The monoisotopic (exact) mass is 278 g/mol. The lowest BCUT2D eigenvalue weighted by Gasteiger charge is -2.10. The molecule has 3 N–H and O–H groups in total. The predicted octanol–water partition coefficient (Wildman–Crippen LogP) is 2.81. The molecule has 0 saturated heterocycles. The topological polar surface area (TPSA) is 64.3 Å². The fraction of sp³-hybridized carbons (Fsp3) is 0.0714. The number of methoxy groups -OCH3 is 1. The van der Waals surface area contributed by atoms with Crippen LogP contribution in [0.5, 0.6) is 5.75 Å². The molecule has 0 aliphatic rings. The number of nitrogen functional groups attached to an aromatic ring is 1.